The summed E-state index contributed by atoms with van der Waals surface area (Å²) in [4.78, 5) is 23.5. The standard InChI is InChI=1S/C17H21N5O3S/c1-12-3-5-14(6-4-12)26(24,25)15-11-19-17(20-16(15)18)22-9-7-21(8-10-22)13(2)23/h3-6,11H,7-10H2,1-2H3,(H2,18,19,20). The van der Waals surface area contributed by atoms with Gasteiger partial charge in [-0.3, -0.25) is 4.79 Å². The highest BCUT2D eigenvalue weighted by Crippen LogP contribution is 2.26. The maximum Gasteiger partial charge on any atom is 0.227 e. The first-order chi connectivity index (χ1) is 12.3. The fourth-order valence-electron chi connectivity index (χ4n) is 2.80. The van der Waals surface area contributed by atoms with E-state index in [1.807, 2.05) is 11.8 Å². The Morgan fingerprint density at radius 3 is 2.27 bits per heavy atom. The van der Waals surface area contributed by atoms with E-state index in [1.165, 1.54) is 13.1 Å². The maximum atomic E-state index is 12.8. The van der Waals surface area contributed by atoms with Gasteiger partial charge in [-0.1, -0.05) is 17.7 Å². The number of nitrogens with two attached hydrogens (primary N) is 1. The zero-order valence-corrected chi connectivity index (χ0v) is 15.5. The molecule has 0 spiro atoms. The normalized spacial score (nSPS) is 15.2. The molecular formula is C17H21N5O3S. The molecule has 2 heterocycles. The molecule has 1 amide bonds. The van der Waals surface area contributed by atoms with Crippen LogP contribution >= 0.6 is 0 Å². The van der Waals surface area contributed by atoms with Gasteiger partial charge in [-0.25, -0.2) is 13.4 Å². The van der Waals surface area contributed by atoms with Gasteiger partial charge in [0, 0.05) is 33.1 Å². The molecule has 2 N–H and O–H groups in total. The molecule has 0 aliphatic carbocycles. The molecule has 9 heteroatoms. The number of sulfone groups is 1. The lowest BCUT2D eigenvalue weighted by Gasteiger charge is -2.34. The lowest BCUT2D eigenvalue weighted by Crippen LogP contribution is -2.48. The van der Waals surface area contributed by atoms with Crippen molar-refractivity contribution in [2.45, 2.75) is 23.6 Å². The highest BCUT2D eigenvalue weighted by Gasteiger charge is 2.25. The van der Waals surface area contributed by atoms with Crippen molar-refractivity contribution in [3.05, 3.63) is 36.0 Å². The van der Waals surface area contributed by atoms with E-state index < -0.39 is 9.84 Å². The van der Waals surface area contributed by atoms with Gasteiger partial charge in [-0.2, -0.15) is 4.98 Å². The number of benzene rings is 1. The van der Waals surface area contributed by atoms with Crippen LogP contribution in [0.15, 0.2) is 40.3 Å². The summed E-state index contributed by atoms with van der Waals surface area (Å²) in [6, 6.07) is 6.54. The molecule has 1 aliphatic heterocycles. The van der Waals surface area contributed by atoms with Gasteiger partial charge >= 0.3 is 0 Å². The number of nitrogens with zero attached hydrogens (tertiary/aromatic N) is 4. The van der Waals surface area contributed by atoms with E-state index in [9.17, 15) is 13.2 Å². The summed E-state index contributed by atoms with van der Waals surface area (Å²) in [7, 11) is -3.78. The number of rotatable bonds is 3. The van der Waals surface area contributed by atoms with E-state index in [4.69, 9.17) is 5.73 Å². The lowest BCUT2D eigenvalue weighted by molar-refractivity contribution is -0.129. The molecule has 1 aromatic carbocycles. The summed E-state index contributed by atoms with van der Waals surface area (Å²) >= 11 is 0. The van der Waals surface area contributed by atoms with E-state index in [1.54, 1.807) is 29.2 Å². The molecule has 8 nitrogen and oxygen atoms in total. The second-order valence-corrected chi connectivity index (χ2v) is 8.15. The van der Waals surface area contributed by atoms with Crippen molar-refractivity contribution in [3.8, 4) is 0 Å². The van der Waals surface area contributed by atoms with Gasteiger partial charge in [0.15, 0.2) is 0 Å². The predicted octanol–water partition coefficient (Wildman–Crippen LogP) is 0.869. The zero-order valence-electron chi connectivity index (χ0n) is 14.7. The molecule has 1 saturated heterocycles. The first-order valence-corrected chi connectivity index (χ1v) is 9.72. The van der Waals surface area contributed by atoms with E-state index >= 15 is 0 Å². The number of aryl methyl sites for hydroxylation is 1. The molecule has 1 aliphatic rings. The smallest absolute Gasteiger partial charge is 0.227 e. The molecule has 3 rings (SSSR count). The molecule has 0 atom stereocenters. The van der Waals surface area contributed by atoms with Crippen molar-refractivity contribution in [2.75, 3.05) is 36.8 Å². The second-order valence-electron chi connectivity index (χ2n) is 6.23. The fourth-order valence-corrected chi connectivity index (χ4v) is 4.06. The SMILES string of the molecule is CC(=O)N1CCN(c2ncc(S(=O)(=O)c3ccc(C)cc3)c(N)n2)CC1. The van der Waals surface area contributed by atoms with Crippen LogP contribution in [0.3, 0.4) is 0 Å². The lowest BCUT2D eigenvalue weighted by atomic mass is 10.2. The molecular weight excluding hydrogens is 354 g/mol. The van der Waals surface area contributed by atoms with Gasteiger partial charge in [0.2, 0.25) is 21.7 Å². The third kappa shape index (κ3) is 3.48. The molecule has 1 aromatic heterocycles. The van der Waals surface area contributed by atoms with Crippen molar-refractivity contribution in [3.63, 3.8) is 0 Å². The molecule has 0 radical (unpaired) electrons. The minimum Gasteiger partial charge on any atom is -0.382 e. The Labute approximate surface area is 152 Å². The Morgan fingerprint density at radius 2 is 1.73 bits per heavy atom. The number of anilines is 2. The van der Waals surface area contributed by atoms with Crippen molar-refractivity contribution < 1.29 is 13.2 Å². The zero-order chi connectivity index (χ0) is 18.9. The minimum atomic E-state index is -3.78. The summed E-state index contributed by atoms with van der Waals surface area (Å²) in [5.41, 5.74) is 6.90. The number of carbonyl (C=O) groups excluding carboxylic acids is 1. The van der Waals surface area contributed by atoms with Crippen LogP contribution in [0.1, 0.15) is 12.5 Å². The van der Waals surface area contributed by atoms with Crippen molar-refractivity contribution in [2.24, 2.45) is 0 Å². The quantitative estimate of drug-likeness (QED) is 0.847. The Hall–Kier alpha value is -2.68. The van der Waals surface area contributed by atoms with E-state index in [2.05, 4.69) is 9.97 Å². The van der Waals surface area contributed by atoms with Crippen molar-refractivity contribution >= 4 is 27.5 Å². The van der Waals surface area contributed by atoms with Gasteiger partial charge < -0.3 is 15.5 Å². The second kappa shape index (κ2) is 6.91. The molecule has 0 unspecified atom stereocenters. The highest BCUT2D eigenvalue weighted by molar-refractivity contribution is 7.91. The Morgan fingerprint density at radius 1 is 1.12 bits per heavy atom. The van der Waals surface area contributed by atoms with E-state index in [0.29, 0.717) is 32.1 Å². The Bertz CT molecular complexity index is 920. The first kappa shape index (κ1) is 18.1. The van der Waals surface area contributed by atoms with Crippen LogP contribution < -0.4 is 10.6 Å². The van der Waals surface area contributed by atoms with Gasteiger partial charge in [0.1, 0.15) is 10.7 Å². The largest absolute Gasteiger partial charge is 0.382 e. The van der Waals surface area contributed by atoms with Gasteiger partial charge in [-0.05, 0) is 19.1 Å². The maximum absolute atomic E-state index is 12.8. The van der Waals surface area contributed by atoms with Crippen LogP contribution in [0.2, 0.25) is 0 Å². The highest BCUT2D eigenvalue weighted by atomic mass is 32.2. The Kier molecular flexibility index (Phi) is 4.82. The number of carbonyl (C=O) groups is 1. The van der Waals surface area contributed by atoms with Crippen LogP contribution in [0, 0.1) is 6.92 Å². The fraction of sp³-hybridized carbons (Fsp3) is 0.353. The molecule has 2 aromatic rings. The van der Waals surface area contributed by atoms with E-state index in [0.717, 1.165) is 5.56 Å². The summed E-state index contributed by atoms with van der Waals surface area (Å²) in [6.45, 7) is 5.71. The van der Waals surface area contributed by atoms with Crippen LogP contribution in [-0.2, 0) is 14.6 Å². The van der Waals surface area contributed by atoms with Crippen LogP contribution in [0.4, 0.5) is 11.8 Å². The summed E-state index contributed by atoms with van der Waals surface area (Å²) in [6.07, 6.45) is 1.25. The summed E-state index contributed by atoms with van der Waals surface area (Å²) < 4.78 is 25.5. The molecule has 26 heavy (non-hydrogen) atoms. The third-order valence-electron chi connectivity index (χ3n) is 4.40. The van der Waals surface area contributed by atoms with Gasteiger partial charge in [0.25, 0.3) is 0 Å². The van der Waals surface area contributed by atoms with Crippen LogP contribution in [0.5, 0.6) is 0 Å². The monoisotopic (exact) mass is 375 g/mol. The van der Waals surface area contributed by atoms with Crippen LogP contribution in [-0.4, -0.2) is 55.4 Å². The van der Waals surface area contributed by atoms with Crippen molar-refractivity contribution in [1.29, 1.82) is 0 Å². The topological polar surface area (TPSA) is 109 Å². The van der Waals surface area contributed by atoms with Crippen LogP contribution in [0.25, 0.3) is 0 Å². The van der Waals surface area contributed by atoms with E-state index in [-0.39, 0.29) is 21.5 Å². The number of nitrogen functional groups attached to an aromatic ring is 1. The summed E-state index contributed by atoms with van der Waals surface area (Å²) in [5.74, 6) is 0.322. The van der Waals surface area contributed by atoms with Gasteiger partial charge in [-0.15, -0.1) is 0 Å². The molecule has 1 fully saturated rings. The number of hydrogen-bond acceptors (Lipinski definition) is 7. The van der Waals surface area contributed by atoms with Crippen molar-refractivity contribution in [1.82, 2.24) is 14.9 Å². The number of amides is 1. The summed E-state index contributed by atoms with van der Waals surface area (Å²) in [5, 5.41) is 0. The predicted molar refractivity (Wildman–Crippen MR) is 97.5 cm³/mol. The third-order valence-corrected chi connectivity index (χ3v) is 6.19. The average molecular weight is 375 g/mol. The average Bonchev–Trinajstić information content (AvgIpc) is 2.62. The molecule has 138 valence electrons. The molecule has 0 bridgehead atoms. The first-order valence-electron chi connectivity index (χ1n) is 8.24. The Balaban J connectivity index is 1.84. The number of hydrogen-bond donors (Lipinski definition) is 1. The number of piperazine rings is 1. The number of aromatic nitrogens is 2. The molecule has 0 saturated carbocycles. The minimum absolute atomic E-state index is 0.0321. The van der Waals surface area contributed by atoms with Gasteiger partial charge in [0.05, 0.1) is 11.1 Å².